The second-order valence-electron chi connectivity index (χ2n) is 6.64. The number of thiazole rings is 1. The standard InChI is InChI=1S/C23H18ClNO3S/c24-19-4-2-1-3-17(19)13-28-21-9-5-15(6-10-23(26)27)11-18(21)16-7-8-20-22(12-16)29-14-25-20/h1-5,7-9,11-12,14H,6,10,13H2,(H,26,27). The van der Waals surface area contributed by atoms with E-state index >= 15 is 0 Å². The zero-order valence-electron chi connectivity index (χ0n) is 15.5. The second-order valence-corrected chi connectivity index (χ2v) is 7.93. The van der Waals surface area contributed by atoms with E-state index in [1.165, 1.54) is 0 Å². The van der Waals surface area contributed by atoms with Gasteiger partial charge in [0, 0.05) is 22.6 Å². The molecule has 6 heteroatoms. The molecule has 0 saturated carbocycles. The molecule has 1 heterocycles. The summed E-state index contributed by atoms with van der Waals surface area (Å²) in [7, 11) is 0. The number of aliphatic carboxylic acids is 1. The van der Waals surface area contributed by atoms with Gasteiger partial charge < -0.3 is 9.84 Å². The average Bonchev–Trinajstić information content (AvgIpc) is 3.20. The van der Waals surface area contributed by atoms with Gasteiger partial charge in [0.25, 0.3) is 0 Å². The van der Waals surface area contributed by atoms with Gasteiger partial charge in [-0.15, -0.1) is 11.3 Å². The van der Waals surface area contributed by atoms with Crippen LogP contribution < -0.4 is 4.74 Å². The van der Waals surface area contributed by atoms with E-state index in [1.54, 1.807) is 11.3 Å². The monoisotopic (exact) mass is 423 g/mol. The molecule has 0 aliphatic heterocycles. The number of fused-ring (bicyclic) bond motifs is 1. The summed E-state index contributed by atoms with van der Waals surface area (Å²) in [5, 5.41) is 9.67. The van der Waals surface area contributed by atoms with Gasteiger partial charge in [-0.2, -0.15) is 0 Å². The van der Waals surface area contributed by atoms with E-state index in [9.17, 15) is 4.79 Å². The largest absolute Gasteiger partial charge is 0.488 e. The number of hydrogen-bond acceptors (Lipinski definition) is 4. The van der Waals surface area contributed by atoms with Crippen LogP contribution in [0, 0.1) is 0 Å². The number of rotatable bonds is 7. The topological polar surface area (TPSA) is 59.4 Å². The van der Waals surface area contributed by atoms with Gasteiger partial charge >= 0.3 is 5.97 Å². The van der Waals surface area contributed by atoms with Crippen molar-refractivity contribution in [3.05, 3.63) is 82.3 Å². The smallest absolute Gasteiger partial charge is 0.303 e. The van der Waals surface area contributed by atoms with Crippen LogP contribution in [0.25, 0.3) is 21.3 Å². The van der Waals surface area contributed by atoms with Gasteiger partial charge in [-0.1, -0.05) is 41.9 Å². The predicted octanol–water partition coefficient (Wildman–Crippen LogP) is 6.21. The maximum Gasteiger partial charge on any atom is 0.303 e. The zero-order valence-corrected chi connectivity index (χ0v) is 17.0. The maximum absolute atomic E-state index is 11.0. The van der Waals surface area contributed by atoms with Gasteiger partial charge in [0.05, 0.1) is 15.7 Å². The molecule has 0 amide bonds. The Morgan fingerprint density at radius 2 is 1.97 bits per heavy atom. The Labute approximate surface area is 177 Å². The lowest BCUT2D eigenvalue weighted by atomic mass is 9.99. The van der Waals surface area contributed by atoms with Crippen LogP contribution >= 0.6 is 22.9 Å². The molecule has 0 aliphatic rings. The molecule has 1 N–H and O–H groups in total. The fraction of sp³-hybridized carbons (Fsp3) is 0.130. The Morgan fingerprint density at radius 1 is 1.10 bits per heavy atom. The highest BCUT2D eigenvalue weighted by atomic mass is 35.5. The number of ether oxygens (including phenoxy) is 1. The van der Waals surface area contributed by atoms with Crippen molar-refractivity contribution in [2.45, 2.75) is 19.4 Å². The summed E-state index contributed by atoms with van der Waals surface area (Å²) in [6.45, 7) is 0.351. The molecule has 0 saturated heterocycles. The van der Waals surface area contributed by atoms with E-state index < -0.39 is 5.97 Å². The number of carboxylic acids is 1. The van der Waals surface area contributed by atoms with Gasteiger partial charge in [0.1, 0.15) is 12.4 Å². The van der Waals surface area contributed by atoms with Crippen molar-refractivity contribution in [2.24, 2.45) is 0 Å². The summed E-state index contributed by atoms with van der Waals surface area (Å²) in [4.78, 5) is 15.3. The average molecular weight is 424 g/mol. The molecule has 29 heavy (non-hydrogen) atoms. The lowest BCUT2D eigenvalue weighted by Crippen LogP contribution is -2.00. The number of hydrogen-bond donors (Lipinski definition) is 1. The molecule has 0 radical (unpaired) electrons. The first-order chi connectivity index (χ1) is 14.1. The van der Waals surface area contributed by atoms with Crippen LogP contribution in [0.15, 0.2) is 66.2 Å². The van der Waals surface area contributed by atoms with Gasteiger partial charge in [0.2, 0.25) is 0 Å². The van der Waals surface area contributed by atoms with Crippen LogP contribution in [-0.2, 0) is 17.8 Å². The number of halogens is 1. The van der Waals surface area contributed by atoms with Crippen LogP contribution in [0.1, 0.15) is 17.5 Å². The highest BCUT2D eigenvalue weighted by molar-refractivity contribution is 7.16. The molecule has 0 bridgehead atoms. The van der Waals surface area contributed by atoms with Crippen molar-refractivity contribution in [3.8, 4) is 16.9 Å². The van der Waals surface area contributed by atoms with Gasteiger partial charge in [0.15, 0.2) is 0 Å². The third-order valence-electron chi connectivity index (χ3n) is 4.65. The molecule has 4 aromatic rings. The second kappa shape index (κ2) is 8.64. The normalized spacial score (nSPS) is 10.9. The minimum atomic E-state index is -0.809. The van der Waals surface area contributed by atoms with Crippen molar-refractivity contribution in [1.29, 1.82) is 0 Å². The van der Waals surface area contributed by atoms with Crippen molar-refractivity contribution < 1.29 is 14.6 Å². The molecular formula is C23H18ClNO3S. The number of carboxylic acid groups (broad SMARTS) is 1. The number of carbonyl (C=O) groups is 1. The molecule has 4 rings (SSSR count). The van der Waals surface area contributed by atoms with E-state index in [1.807, 2.05) is 60.1 Å². The molecular weight excluding hydrogens is 406 g/mol. The quantitative estimate of drug-likeness (QED) is 0.383. The molecule has 0 fully saturated rings. The molecule has 0 aliphatic carbocycles. The summed E-state index contributed by atoms with van der Waals surface area (Å²) in [5.74, 6) is -0.0791. The molecule has 146 valence electrons. The highest BCUT2D eigenvalue weighted by Gasteiger charge is 2.12. The Bertz CT molecular complexity index is 1170. The van der Waals surface area contributed by atoms with Crippen LogP contribution in [0.2, 0.25) is 5.02 Å². The van der Waals surface area contributed by atoms with Crippen molar-refractivity contribution in [2.75, 3.05) is 0 Å². The lowest BCUT2D eigenvalue weighted by Gasteiger charge is -2.14. The van der Waals surface area contributed by atoms with Crippen molar-refractivity contribution in [3.63, 3.8) is 0 Å². The number of aromatic nitrogens is 1. The third-order valence-corrected chi connectivity index (χ3v) is 5.82. The van der Waals surface area contributed by atoms with Gasteiger partial charge in [-0.05, 0) is 47.9 Å². The Balaban J connectivity index is 1.69. The van der Waals surface area contributed by atoms with Gasteiger partial charge in [-0.25, -0.2) is 4.98 Å². The van der Waals surface area contributed by atoms with Crippen molar-refractivity contribution in [1.82, 2.24) is 4.98 Å². The number of benzene rings is 3. The molecule has 1 aromatic heterocycles. The first-order valence-electron chi connectivity index (χ1n) is 9.15. The summed E-state index contributed by atoms with van der Waals surface area (Å²) in [5.41, 5.74) is 6.58. The van der Waals surface area contributed by atoms with Crippen molar-refractivity contribution >= 4 is 39.1 Å². The summed E-state index contributed by atoms with van der Waals surface area (Å²) < 4.78 is 7.21. The summed E-state index contributed by atoms with van der Waals surface area (Å²) >= 11 is 7.84. The summed E-state index contributed by atoms with van der Waals surface area (Å²) in [6.07, 6.45) is 0.559. The fourth-order valence-electron chi connectivity index (χ4n) is 3.13. The van der Waals surface area contributed by atoms with Crippen LogP contribution in [-0.4, -0.2) is 16.1 Å². The van der Waals surface area contributed by atoms with E-state index in [0.717, 1.165) is 38.2 Å². The number of aryl methyl sites for hydroxylation is 1. The SMILES string of the molecule is O=C(O)CCc1ccc(OCc2ccccc2Cl)c(-c2ccc3ncsc3c2)c1. The van der Waals surface area contributed by atoms with Crippen LogP contribution in [0.5, 0.6) is 5.75 Å². The molecule has 0 spiro atoms. The minimum Gasteiger partial charge on any atom is -0.488 e. The van der Waals surface area contributed by atoms with E-state index in [2.05, 4.69) is 11.1 Å². The molecule has 0 unspecified atom stereocenters. The van der Waals surface area contributed by atoms with E-state index in [4.69, 9.17) is 21.4 Å². The van der Waals surface area contributed by atoms with Gasteiger partial charge in [-0.3, -0.25) is 4.79 Å². The maximum atomic E-state index is 11.0. The lowest BCUT2D eigenvalue weighted by molar-refractivity contribution is -0.136. The highest BCUT2D eigenvalue weighted by Crippen LogP contribution is 2.35. The Morgan fingerprint density at radius 3 is 2.79 bits per heavy atom. The summed E-state index contributed by atoms with van der Waals surface area (Å²) in [6, 6.07) is 19.5. The molecule has 4 nitrogen and oxygen atoms in total. The predicted molar refractivity (Wildman–Crippen MR) is 117 cm³/mol. The zero-order chi connectivity index (χ0) is 20.2. The molecule has 0 atom stereocenters. The van der Waals surface area contributed by atoms with Crippen LogP contribution in [0.4, 0.5) is 0 Å². The third kappa shape index (κ3) is 4.58. The Kier molecular flexibility index (Phi) is 5.79. The molecule has 3 aromatic carbocycles. The van der Waals surface area contributed by atoms with Crippen LogP contribution in [0.3, 0.4) is 0 Å². The van der Waals surface area contributed by atoms with E-state index in [-0.39, 0.29) is 6.42 Å². The number of nitrogens with zero attached hydrogens (tertiary/aromatic N) is 1. The first kappa shape index (κ1) is 19.4. The minimum absolute atomic E-state index is 0.0904. The fourth-order valence-corrected chi connectivity index (χ4v) is 4.04. The Hall–Kier alpha value is -2.89. The first-order valence-corrected chi connectivity index (χ1v) is 10.4. The van der Waals surface area contributed by atoms with E-state index in [0.29, 0.717) is 18.1 Å².